The highest BCUT2D eigenvalue weighted by atomic mass is 19.1. The van der Waals surface area contributed by atoms with Gasteiger partial charge in [0.2, 0.25) is 0 Å². The molecule has 0 saturated heterocycles. The summed E-state index contributed by atoms with van der Waals surface area (Å²) in [5, 5.41) is 0. The maximum atomic E-state index is 13.0. The van der Waals surface area contributed by atoms with E-state index in [0.717, 1.165) is 5.56 Å². The molecule has 0 aliphatic rings. The van der Waals surface area contributed by atoms with Gasteiger partial charge in [0.1, 0.15) is 5.82 Å². The van der Waals surface area contributed by atoms with Crippen molar-refractivity contribution >= 4 is 5.78 Å². The Morgan fingerprint density at radius 2 is 1.92 bits per heavy atom. The zero-order chi connectivity index (χ0) is 10.0. The van der Waals surface area contributed by atoms with E-state index in [2.05, 4.69) is 0 Å². The lowest BCUT2D eigenvalue weighted by Gasteiger charge is -2.05. The van der Waals surface area contributed by atoms with Crippen LogP contribution in [0.2, 0.25) is 0 Å². The monoisotopic (exact) mass is 180 g/mol. The minimum Gasteiger partial charge on any atom is -0.294 e. The lowest BCUT2D eigenvalue weighted by molar-refractivity contribution is 0.0987. The minimum atomic E-state index is -0.245. The second-order valence-electron chi connectivity index (χ2n) is 3.19. The summed E-state index contributed by atoms with van der Waals surface area (Å²) in [7, 11) is 0. The molecule has 70 valence electrons. The van der Waals surface area contributed by atoms with Crippen LogP contribution in [0.5, 0.6) is 0 Å². The van der Waals surface area contributed by atoms with E-state index in [1.165, 1.54) is 6.07 Å². The molecule has 0 radical (unpaired) electrons. The molecule has 0 aromatic heterocycles. The summed E-state index contributed by atoms with van der Waals surface area (Å²) >= 11 is 0. The number of carbonyl (C=O) groups is 1. The van der Waals surface area contributed by atoms with Crippen molar-refractivity contribution in [2.45, 2.75) is 27.2 Å². The summed E-state index contributed by atoms with van der Waals surface area (Å²) in [6.07, 6.45) is 0.464. The predicted molar refractivity (Wildman–Crippen MR) is 50.5 cm³/mol. The molecular formula is C11H13FO. The highest BCUT2D eigenvalue weighted by Crippen LogP contribution is 2.16. The van der Waals surface area contributed by atoms with Crippen LogP contribution in [0, 0.1) is 19.7 Å². The van der Waals surface area contributed by atoms with Gasteiger partial charge in [-0.1, -0.05) is 6.92 Å². The van der Waals surface area contributed by atoms with Crippen molar-refractivity contribution in [1.29, 1.82) is 0 Å². The van der Waals surface area contributed by atoms with Crippen LogP contribution in [0.25, 0.3) is 0 Å². The van der Waals surface area contributed by atoms with Gasteiger partial charge in [0.05, 0.1) is 0 Å². The summed E-state index contributed by atoms with van der Waals surface area (Å²) in [6.45, 7) is 5.23. The van der Waals surface area contributed by atoms with Gasteiger partial charge in [0, 0.05) is 12.0 Å². The van der Waals surface area contributed by atoms with Crippen molar-refractivity contribution in [3.8, 4) is 0 Å². The van der Waals surface area contributed by atoms with Crippen molar-refractivity contribution in [3.05, 3.63) is 34.6 Å². The molecule has 0 unspecified atom stereocenters. The Kier molecular flexibility index (Phi) is 2.81. The van der Waals surface area contributed by atoms with Crippen molar-refractivity contribution in [3.63, 3.8) is 0 Å². The Hall–Kier alpha value is -1.18. The van der Waals surface area contributed by atoms with Crippen LogP contribution < -0.4 is 0 Å². The summed E-state index contributed by atoms with van der Waals surface area (Å²) in [5.41, 5.74) is 1.89. The maximum Gasteiger partial charge on any atom is 0.162 e. The summed E-state index contributed by atoms with van der Waals surface area (Å²) in [5.74, 6) is -0.175. The van der Waals surface area contributed by atoms with Crippen molar-refractivity contribution in [2.24, 2.45) is 0 Å². The summed E-state index contributed by atoms with van der Waals surface area (Å²) in [6, 6.07) is 3.04. The molecule has 0 aliphatic carbocycles. The van der Waals surface area contributed by atoms with Gasteiger partial charge in [-0.25, -0.2) is 4.39 Å². The molecule has 0 fully saturated rings. The number of hydrogen-bond acceptors (Lipinski definition) is 1. The van der Waals surface area contributed by atoms with Crippen molar-refractivity contribution < 1.29 is 9.18 Å². The van der Waals surface area contributed by atoms with Crippen LogP contribution in [0.3, 0.4) is 0 Å². The number of halogens is 1. The van der Waals surface area contributed by atoms with Gasteiger partial charge in [0.25, 0.3) is 0 Å². The van der Waals surface area contributed by atoms with Crippen LogP contribution in [-0.2, 0) is 0 Å². The van der Waals surface area contributed by atoms with Crippen LogP contribution in [0.4, 0.5) is 4.39 Å². The van der Waals surface area contributed by atoms with Crippen LogP contribution in [-0.4, -0.2) is 5.78 Å². The quantitative estimate of drug-likeness (QED) is 0.639. The third-order valence-corrected chi connectivity index (χ3v) is 2.13. The zero-order valence-electron chi connectivity index (χ0n) is 8.15. The van der Waals surface area contributed by atoms with E-state index in [0.29, 0.717) is 17.5 Å². The molecule has 1 nitrogen and oxygen atoms in total. The van der Waals surface area contributed by atoms with E-state index >= 15 is 0 Å². The Bertz CT molecular complexity index is 342. The van der Waals surface area contributed by atoms with E-state index in [9.17, 15) is 9.18 Å². The molecule has 1 aromatic carbocycles. The average Bonchev–Trinajstić information content (AvgIpc) is 2.10. The number of aryl methyl sites for hydroxylation is 2. The second kappa shape index (κ2) is 3.69. The van der Waals surface area contributed by atoms with Gasteiger partial charge in [-0.2, -0.15) is 0 Å². The maximum absolute atomic E-state index is 13.0. The summed E-state index contributed by atoms with van der Waals surface area (Å²) < 4.78 is 13.0. The molecule has 0 N–H and O–H groups in total. The lowest BCUT2D eigenvalue weighted by Crippen LogP contribution is -2.01. The molecule has 1 rings (SSSR count). The number of ketones is 1. The number of carbonyl (C=O) groups excluding carboxylic acids is 1. The summed E-state index contributed by atoms with van der Waals surface area (Å²) in [4.78, 5) is 11.4. The van der Waals surface area contributed by atoms with Gasteiger partial charge in [0.15, 0.2) is 5.78 Å². The van der Waals surface area contributed by atoms with Crippen LogP contribution >= 0.6 is 0 Å². The number of benzene rings is 1. The Labute approximate surface area is 77.6 Å². The van der Waals surface area contributed by atoms with E-state index in [1.807, 2.05) is 0 Å². The first-order valence-corrected chi connectivity index (χ1v) is 4.36. The fraction of sp³-hybridized carbons (Fsp3) is 0.364. The van der Waals surface area contributed by atoms with Gasteiger partial charge in [-0.3, -0.25) is 4.79 Å². The molecule has 1 aromatic rings. The van der Waals surface area contributed by atoms with Crippen molar-refractivity contribution in [2.75, 3.05) is 0 Å². The molecule has 0 heterocycles. The van der Waals surface area contributed by atoms with Gasteiger partial charge >= 0.3 is 0 Å². The highest BCUT2D eigenvalue weighted by Gasteiger charge is 2.09. The Morgan fingerprint density at radius 1 is 1.31 bits per heavy atom. The van der Waals surface area contributed by atoms with Gasteiger partial charge in [-0.15, -0.1) is 0 Å². The Morgan fingerprint density at radius 3 is 2.46 bits per heavy atom. The predicted octanol–water partition coefficient (Wildman–Crippen LogP) is 3.04. The first kappa shape index (κ1) is 9.90. The topological polar surface area (TPSA) is 17.1 Å². The molecular weight excluding hydrogens is 167 g/mol. The molecule has 0 atom stereocenters. The average molecular weight is 180 g/mol. The Balaban J connectivity index is 3.23. The first-order chi connectivity index (χ1) is 6.06. The van der Waals surface area contributed by atoms with Crippen LogP contribution in [0.1, 0.15) is 34.8 Å². The molecule has 0 aliphatic heterocycles. The van der Waals surface area contributed by atoms with Gasteiger partial charge in [-0.05, 0) is 37.1 Å². The SMILES string of the molecule is CCC(=O)c1cc(C)c(F)cc1C. The van der Waals surface area contributed by atoms with Crippen LogP contribution in [0.15, 0.2) is 12.1 Å². The second-order valence-corrected chi connectivity index (χ2v) is 3.19. The molecule has 2 heteroatoms. The third kappa shape index (κ3) is 1.94. The van der Waals surface area contributed by atoms with E-state index < -0.39 is 0 Å². The standard InChI is InChI=1S/C11H13FO/c1-4-11(13)9-5-8(3)10(12)6-7(9)2/h5-6H,4H2,1-3H3. The largest absolute Gasteiger partial charge is 0.294 e. The van der Waals surface area contributed by atoms with E-state index in [-0.39, 0.29) is 11.6 Å². The van der Waals surface area contributed by atoms with E-state index in [1.54, 1.807) is 26.8 Å². The molecule has 0 spiro atoms. The molecule has 0 amide bonds. The highest BCUT2D eigenvalue weighted by molar-refractivity contribution is 5.97. The third-order valence-electron chi connectivity index (χ3n) is 2.13. The fourth-order valence-electron chi connectivity index (χ4n) is 1.27. The van der Waals surface area contributed by atoms with E-state index in [4.69, 9.17) is 0 Å². The number of rotatable bonds is 2. The smallest absolute Gasteiger partial charge is 0.162 e. The van der Waals surface area contributed by atoms with Crippen molar-refractivity contribution in [1.82, 2.24) is 0 Å². The number of Topliss-reactive ketones (excluding diaryl/α,β-unsaturated/α-hetero) is 1. The first-order valence-electron chi connectivity index (χ1n) is 4.36. The molecule has 13 heavy (non-hydrogen) atoms. The normalized spacial score (nSPS) is 10.2. The minimum absolute atomic E-state index is 0.0700. The fourth-order valence-corrected chi connectivity index (χ4v) is 1.27. The number of hydrogen-bond donors (Lipinski definition) is 0. The molecule has 0 bridgehead atoms. The molecule has 0 saturated carbocycles. The lowest BCUT2D eigenvalue weighted by atomic mass is 10.0. The van der Waals surface area contributed by atoms with Gasteiger partial charge < -0.3 is 0 Å². The zero-order valence-corrected chi connectivity index (χ0v) is 8.15.